The molecule has 0 bridgehead atoms. The van der Waals surface area contributed by atoms with Gasteiger partial charge >= 0.3 is 6.09 Å². The van der Waals surface area contributed by atoms with Gasteiger partial charge in [-0.3, -0.25) is 5.32 Å². The minimum Gasteiger partial charge on any atom is -0.444 e. The molecule has 0 saturated carbocycles. The molecule has 2 aliphatic rings. The zero-order valence-corrected chi connectivity index (χ0v) is 12.7. The van der Waals surface area contributed by atoms with E-state index >= 15 is 0 Å². The van der Waals surface area contributed by atoms with Crippen LogP contribution >= 0.6 is 0 Å². The van der Waals surface area contributed by atoms with Gasteiger partial charge in [0.2, 0.25) is 16.0 Å². The lowest BCUT2D eigenvalue weighted by Gasteiger charge is -2.31. The fraction of sp³-hybridized carbons (Fsp3) is 0.818. The molecule has 1 saturated heterocycles. The van der Waals surface area contributed by atoms with Crippen molar-refractivity contribution >= 4 is 22.1 Å². The van der Waals surface area contributed by atoms with Crippen molar-refractivity contribution in [2.75, 3.05) is 20.3 Å². The summed E-state index contributed by atoms with van der Waals surface area (Å²) in [6, 6.07) is -0.485. The van der Waals surface area contributed by atoms with Gasteiger partial charge in [-0.15, -0.1) is 0 Å². The molecule has 2 rings (SSSR count). The molecule has 0 aromatic rings. The maximum atomic E-state index is 12.2. The maximum Gasteiger partial charge on any atom is 0.414 e. The molecule has 1 fully saturated rings. The van der Waals surface area contributed by atoms with E-state index in [1.54, 1.807) is 20.8 Å². The van der Waals surface area contributed by atoms with Crippen LogP contribution in [0.1, 0.15) is 20.8 Å². The molecule has 8 nitrogen and oxygen atoms in total. The normalized spacial score (nSPS) is 28.6. The lowest BCUT2D eigenvalue weighted by molar-refractivity contribution is 0.0559. The summed E-state index contributed by atoms with van der Waals surface area (Å²) in [6.45, 7) is 5.52. The molecule has 114 valence electrons. The number of nitrogens with zero attached hydrogens (tertiary/aromatic N) is 2. The van der Waals surface area contributed by atoms with Crippen molar-refractivity contribution in [3.63, 3.8) is 0 Å². The smallest absolute Gasteiger partial charge is 0.414 e. The zero-order valence-electron chi connectivity index (χ0n) is 11.9. The predicted molar refractivity (Wildman–Crippen MR) is 71.9 cm³/mol. The Bertz CT molecular complexity index is 537. The standard InChI is InChI=1S/C11H19N3O5S/c1-11(2,3)19-10(15)13-9-12-7-5-18-6-8(7)20(16,17)14(9)4/h7-8H,5-6H2,1-4H3,(H,12,13,15). The van der Waals surface area contributed by atoms with Crippen molar-refractivity contribution in [2.24, 2.45) is 4.99 Å². The maximum absolute atomic E-state index is 12.2. The first kappa shape index (κ1) is 15.0. The van der Waals surface area contributed by atoms with E-state index in [4.69, 9.17) is 9.47 Å². The van der Waals surface area contributed by atoms with Crippen molar-refractivity contribution in [3.05, 3.63) is 0 Å². The first-order valence-corrected chi connectivity index (χ1v) is 7.75. The predicted octanol–water partition coefficient (Wildman–Crippen LogP) is -0.0903. The van der Waals surface area contributed by atoms with E-state index in [-0.39, 0.29) is 19.2 Å². The van der Waals surface area contributed by atoms with E-state index in [1.807, 2.05) is 0 Å². The molecule has 0 spiro atoms. The topological polar surface area (TPSA) is 97.3 Å². The molecular weight excluding hydrogens is 286 g/mol. The van der Waals surface area contributed by atoms with Crippen LogP contribution in [0.15, 0.2) is 4.99 Å². The summed E-state index contributed by atoms with van der Waals surface area (Å²) in [5.74, 6) is -0.0361. The second-order valence-electron chi connectivity index (χ2n) is 5.74. The summed E-state index contributed by atoms with van der Waals surface area (Å²) < 4.78 is 35.7. The molecule has 1 amide bonds. The lowest BCUT2D eigenvalue weighted by Crippen LogP contribution is -2.55. The number of fused-ring (bicyclic) bond motifs is 1. The highest BCUT2D eigenvalue weighted by Gasteiger charge is 2.46. The number of carbonyl (C=O) groups excluding carboxylic acids is 1. The van der Waals surface area contributed by atoms with Crippen LogP contribution in [0.25, 0.3) is 0 Å². The van der Waals surface area contributed by atoms with Gasteiger partial charge in [-0.1, -0.05) is 0 Å². The monoisotopic (exact) mass is 305 g/mol. The van der Waals surface area contributed by atoms with Crippen molar-refractivity contribution in [3.8, 4) is 0 Å². The van der Waals surface area contributed by atoms with Crippen LogP contribution in [0, 0.1) is 0 Å². The number of rotatable bonds is 0. The van der Waals surface area contributed by atoms with E-state index in [0.29, 0.717) is 0 Å². The van der Waals surface area contributed by atoms with Gasteiger partial charge in [-0.05, 0) is 20.8 Å². The molecule has 2 heterocycles. The first-order valence-electron chi connectivity index (χ1n) is 6.24. The Labute approximate surface area is 118 Å². The summed E-state index contributed by atoms with van der Waals surface area (Å²) in [4.78, 5) is 15.9. The highest BCUT2D eigenvalue weighted by atomic mass is 32.2. The van der Waals surface area contributed by atoms with Gasteiger partial charge in [-0.2, -0.15) is 0 Å². The van der Waals surface area contributed by atoms with Gasteiger partial charge in [0.1, 0.15) is 10.9 Å². The molecular formula is C11H19N3O5S. The van der Waals surface area contributed by atoms with Gasteiger partial charge < -0.3 is 9.47 Å². The summed E-state index contributed by atoms with van der Waals surface area (Å²) in [6.07, 6.45) is -0.740. The summed E-state index contributed by atoms with van der Waals surface area (Å²) >= 11 is 0. The second kappa shape index (κ2) is 4.88. The third kappa shape index (κ3) is 2.88. The molecule has 2 atom stereocenters. The van der Waals surface area contributed by atoms with Crippen LogP contribution in [0.4, 0.5) is 4.79 Å². The van der Waals surface area contributed by atoms with E-state index < -0.39 is 33.0 Å². The molecule has 20 heavy (non-hydrogen) atoms. The molecule has 2 unspecified atom stereocenters. The summed E-state index contributed by atoms with van der Waals surface area (Å²) in [5, 5.41) is 1.69. The Morgan fingerprint density at radius 1 is 1.45 bits per heavy atom. The Morgan fingerprint density at radius 2 is 2.10 bits per heavy atom. The number of hydrogen-bond acceptors (Lipinski definition) is 6. The van der Waals surface area contributed by atoms with Crippen LogP contribution in [-0.4, -0.2) is 61.9 Å². The molecule has 0 aromatic heterocycles. The number of ether oxygens (including phenoxy) is 2. The number of nitrogens with one attached hydrogen (secondary N) is 1. The molecule has 1 N–H and O–H groups in total. The first-order chi connectivity index (χ1) is 9.11. The fourth-order valence-corrected chi connectivity index (χ4v) is 3.54. The number of alkyl carbamates (subject to hydrolysis) is 1. The van der Waals surface area contributed by atoms with Gasteiger partial charge in [0.05, 0.1) is 19.3 Å². The highest BCUT2D eigenvalue weighted by Crippen LogP contribution is 2.25. The average molecular weight is 305 g/mol. The van der Waals surface area contributed by atoms with Crippen LogP contribution < -0.4 is 5.32 Å². The van der Waals surface area contributed by atoms with Crippen LogP contribution in [0.3, 0.4) is 0 Å². The fourth-order valence-electron chi connectivity index (χ4n) is 2.00. The number of sulfonamides is 1. The van der Waals surface area contributed by atoms with Gasteiger partial charge in [-0.25, -0.2) is 22.5 Å². The van der Waals surface area contributed by atoms with Crippen LogP contribution in [0.5, 0.6) is 0 Å². The molecule has 0 aromatic carbocycles. The van der Waals surface area contributed by atoms with Gasteiger partial charge in [0.25, 0.3) is 0 Å². The third-order valence-corrected chi connectivity index (χ3v) is 5.12. The van der Waals surface area contributed by atoms with Gasteiger partial charge in [0.15, 0.2) is 0 Å². The van der Waals surface area contributed by atoms with Crippen LogP contribution in [0.2, 0.25) is 0 Å². The zero-order chi connectivity index (χ0) is 15.1. The largest absolute Gasteiger partial charge is 0.444 e. The molecule has 2 aliphatic heterocycles. The van der Waals surface area contributed by atoms with Crippen molar-refractivity contribution in [1.82, 2.24) is 9.62 Å². The molecule has 0 radical (unpaired) electrons. The quantitative estimate of drug-likeness (QED) is 0.674. The second-order valence-corrected chi connectivity index (χ2v) is 7.92. The number of hydrogen-bond donors (Lipinski definition) is 1. The van der Waals surface area contributed by atoms with Crippen molar-refractivity contribution in [2.45, 2.75) is 37.7 Å². The average Bonchev–Trinajstić information content (AvgIpc) is 2.72. The van der Waals surface area contributed by atoms with E-state index in [0.717, 1.165) is 4.31 Å². The Kier molecular flexibility index (Phi) is 3.67. The van der Waals surface area contributed by atoms with E-state index in [9.17, 15) is 13.2 Å². The lowest BCUT2D eigenvalue weighted by atomic mass is 10.2. The molecule has 9 heteroatoms. The van der Waals surface area contributed by atoms with Crippen molar-refractivity contribution in [1.29, 1.82) is 0 Å². The Balaban J connectivity index is 2.17. The number of guanidine groups is 1. The number of aliphatic imine (C=N–C) groups is 1. The van der Waals surface area contributed by atoms with Crippen LogP contribution in [-0.2, 0) is 19.5 Å². The highest BCUT2D eigenvalue weighted by molar-refractivity contribution is 7.90. The van der Waals surface area contributed by atoms with Crippen molar-refractivity contribution < 1.29 is 22.7 Å². The SMILES string of the molecule is CN1C(NC(=O)OC(C)(C)C)=NC2COCC2S1(=O)=O. The summed E-state index contributed by atoms with van der Waals surface area (Å²) in [7, 11) is -2.22. The van der Waals surface area contributed by atoms with E-state index in [1.165, 1.54) is 7.05 Å². The minimum atomic E-state index is -3.57. The molecule has 0 aliphatic carbocycles. The summed E-state index contributed by atoms with van der Waals surface area (Å²) in [5.41, 5.74) is -0.671. The Morgan fingerprint density at radius 3 is 2.70 bits per heavy atom. The number of amides is 1. The third-order valence-electron chi connectivity index (χ3n) is 2.96. The number of carbonyl (C=O) groups is 1. The minimum absolute atomic E-state index is 0.0361. The van der Waals surface area contributed by atoms with E-state index in [2.05, 4.69) is 10.3 Å². The van der Waals surface area contributed by atoms with Gasteiger partial charge in [0, 0.05) is 7.05 Å². The Hall–Kier alpha value is -1.35.